The fraction of sp³-hybridized carbons (Fsp3) is 0.143. The minimum Gasteiger partial charge on any atom is -0.477 e. The maximum Gasteiger partial charge on any atom is 0.362 e. The van der Waals surface area contributed by atoms with Crippen LogP contribution in [0.25, 0.3) is 28.2 Å². The lowest BCUT2D eigenvalue weighted by Crippen LogP contribution is -2.39. The van der Waals surface area contributed by atoms with Gasteiger partial charge in [0.15, 0.2) is 5.70 Å². The highest BCUT2D eigenvalue weighted by Crippen LogP contribution is 2.37. The van der Waals surface area contributed by atoms with Crippen molar-refractivity contribution in [2.45, 2.75) is 6.92 Å². The van der Waals surface area contributed by atoms with Gasteiger partial charge >= 0.3 is 11.9 Å². The van der Waals surface area contributed by atoms with Crippen molar-refractivity contribution >= 4 is 23.3 Å². The summed E-state index contributed by atoms with van der Waals surface area (Å²) in [6.45, 7) is 1.20. The molecule has 156 valence electrons. The quantitative estimate of drug-likeness (QED) is 0.520. The van der Waals surface area contributed by atoms with Crippen LogP contribution in [-0.4, -0.2) is 66.7 Å². The highest BCUT2D eigenvalue weighted by atomic mass is 16.4. The molecule has 0 radical (unpaired) electrons. The molecule has 3 aromatic rings. The number of likely N-dealkylation sites (N-methyl/N-ethyl adjacent to an activating group) is 1. The smallest absolute Gasteiger partial charge is 0.362 e. The largest absolute Gasteiger partial charge is 0.477 e. The molecule has 0 saturated heterocycles. The van der Waals surface area contributed by atoms with E-state index >= 15 is 0 Å². The van der Waals surface area contributed by atoms with Gasteiger partial charge in [-0.2, -0.15) is 9.81 Å². The van der Waals surface area contributed by atoms with Gasteiger partial charge in [-0.3, -0.25) is 0 Å². The Morgan fingerprint density at radius 3 is 2.23 bits per heavy atom. The minimum atomic E-state index is -1.14. The Kier molecular flexibility index (Phi) is 4.91. The van der Waals surface area contributed by atoms with E-state index in [1.807, 2.05) is 36.4 Å². The van der Waals surface area contributed by atoms with Crippen molar-refractivity contribution in [1.29, 1.82) is 0 Å². The second-order valence-corrected chi connectivity index (χ2v) is 7.26. The SMILES string of the molecule is CC1=N[N+](C)(CC(=O)O)C(c2ccc(-c3ccccc3-c3nn[nH]n3)cc2)=C1C(=O)O. The van der Waals surface area contributed by atoms with Gasteiger partial charge in [0.05, 0.1) is 7.05 Å². The first-order valence-electron chi connectivity index (χ1n) is 9.36. The zero-order valence-electron chi connectivity index (χ0n) is 16.8. The van der Waals surface area contributed by atoms with Crippen molar-refractivity contribution in [2.24, 2.45) is 5.10 Å². The molecule has 2 aromatic carbocycles. The molecular weight excluding hydrogens is 400 g/mol. The Balaban J connectivity index is 1.80. The van der Waals surface area contributed by atoms with Gasteiger partial charge in [0, 0.05) is 11.1 Å². The number of nitrogens with zero attached hydrogens (tertiary/aromatic N) is 5. The average molecular weight is 419 g/mol. The molecule has 0 bridgehead atoms. The zero-order valence-corrected chi connectivity index (χ0v) is 16.8. The van der Waals surface area contributed by atoms with Crippen LogP contribution in [-0.2, 0) is 9.59 Å². The second kappa shape index (κ2) is 7.58. The lowest BCUT2D eigenvalue weighted by Gasteiger charge is -2.25. The summed E-state index contributed by atoms with van der Waals surface area (Å²) in [7, 11) is 1.59. The Labute approximate surface area is 176 Å². The second-order valence-electron chi connectivity index (χ2n) is 7.26. The molecule has 0 aliphatic carbocycles. The highest BCUT2D eigenvalue weighted by molar-refractivity contribution is 6.23. The fourth-order valence-electron chi connectivity index (χ4n) is 3.91. The molecule has 0 amide bonds. The number of aliphatic carboxylic acids is 2. The van der Waals surface area contributed by atoms with Crippen LogP contribution in [0, 0.1) is 0 Å². The van der Waals surface area contributed by atoms with E-state index < -0.39 is 11.9 Å². The highest BCUT2D eigenvalue weighted by Gasteiger charge is 2.44. The lowest BCUT2D eigenvalue weighted by molar-refractivity contribution is -0.836. The van der Waals surface area contributed by atoms with Gasteiger partial charge in [-0.1, -0.05) is 41.5 Å². The van der Waals surface area contributed by atoms with E-state index in [4.69, 9.17) is 0 Å². The number of nitrogens with one attached hydrogen (secondary N) is 1. The number of aromatic nitrogens is 4. The third-order valence-electron chi connectivity index (χ3n) is 5.09. The summed E-state index contributed by atoms with van der Waals surface area (Å²) in [5.74, 6) is -1.76. The number of carboxylic acid groups (broad SMARTS) is 2. The molecule has 1 atom stereocenters. The van der Waals surface area contributed by atoms with Gasteiger partial charge in [0.2, 0.25) is 12.4 Å². The van der Waals surface area contributed by atoms with Crippen molar-refractivity contribution in [1.82, 2.24) is 20.6 Å². The molecule has 0 saturated carbocycles. The maximum absolute atomic E-state index is 11.9. The van der Waals surface area contributed by atoms with Crippen LogP contribution in [0.3, 0.4) is 0 Å². The molecule has 1 aliphatic rings. The van der Waals surface area contributed by atoms with Gasteiger partial charge < -0.3 is 10.2 Å². The van der Waals surface area contributed by atoms with Crippen molar-refractivity contribution < 1.29 is 24.4 Å². The zero-order chi connectivity index (χ0) is 22.2. The van der Waals surface area contributed by atoms with E-state index in [0.29, 0.717) is 17.1 Å². The van der Waals surface area contributed by atoms with Gasteiger partial charge in [-0.05, 0) is 35.4 Å². The molecule has 1 unspecified atom stereocenters. The number of rotatable bonds is 6. The van der Waals surface area contributed by atoms with Gasteiger partial charge in [0.25, 0.3) is 0 Å². The summed E-state index contributed by atoms with van der Waals surface area (Å²) in [6, 6.07) is 14.8. The number of carboxylic acids is 2. The number of tetrazole rings is 1. The first-order chi connectivity index (χ1) is 14.8. The molecule has 2 heterocycles. The molecule has 10 nitrogen and oxygen atoms in total. The average Bonchev–Trinajstić information content (AvgIpc) is 3.33. The van der Waals surface area contributed by atoms with Crippen molar-refractivity contribution in [3.05, 3.63) is 59.7 Å². The van der Waals surface area contributed by atoms with Gasteiger partial charge in [-0.25, -0.2) is 9.59 Å². The number of carbonyl (C=O) groups is 2. The molecule has 10 heteroatoms. The van der Waals surface area contributed by atoms with Crippen LogP contribution in [0.5, 0.6) is 0 Å². The Bertz CT molecular complexity index is 1230. The van der Waals surface area contributed by atoms with Crippen molar-refractivity contribution in [3.8, 4) is 22.5 Å². The molecule has 1 aromatic heterocycles. The Morgan fingerprint density at radius 2 is 1.65 bits per heavy atom. The van der Waals surface area contributed by atoms with E-state index in [2.05, 4.69) is 25.7 Å². The summed E-state index contributed by atoms with van der Waals surface area (Å²) >= 11 is 0. The first-order valence-corrected chi connectivity index (χ1v) is 9.36. The normalized spacial score (nSPS) is 18.2. The Morgan fingerprint density at radius 1 is 1.00 bits per heavy atom. The Hall–Kier alpha value is -4.18. The first kappa shape index (κ1) is 20.1. The van der Waals surface area contributed by atoms with Crippen LogP contribution in [0.1, 0.15) is 12.5 Å². The van der Waals surface area contributed by atoms with Crippen molar-refractivity contribution in [3.63, 3.8) is 0 Å². The summed E-state index contributed by atoms with van der Waals surface area (Å²) in [5.41, 5.74) is 3.77. The topological polar surface area (TPSA) is 141 Å². The molecule has 3 N–H and O–H groups in total. The van der Waals surface area contributed by atoms with Gasteiger partial charge in [-0.15, -0.1) is 10.2 Å². The van der Waals surface area contributed by atoms with Crippen LogP contribution in [0.2, 0.25) is 0 Å². The molecule has 31 heavy (non-hydrogen) atoms. The predicted octanol–water partition coefficient (Wildman–Crippen LogP) is 2.25. The summed E-state index contributed by atoms with van der Waals surface area (Å²) in [4.78, 5) is 23.4. The van der Waals surface area contributed by atoms with Crippen LogP contribution >= 0.6 is 0 Å². The lowest BCUT2D eigenvalue weighted by atomic mass is 9.96. The summed E-state index contributed by atoms with van der Waals surface area (Å²) in [5, 5.41) is 37.6. The van der Waals surface area contributed by atoms with E-state index in [9.17, 15) is 19.8 Å². The molecule has 1 aliphatic heterocycles. The predicted molar refractivity (Wildman–Crippen MR) is 111 cm³/mol. The molecule has 0 fully saturated rings. The number of benzene rings is 2. The number of hydrogen-bond acceptors (Lipinski definition) is 6. The fourth-order valence-corrected chi connectivity index (χ4v) is 3.91. The third kappa shape index (κ3) is 3.60. The number of hydrogen-bond donors (Lipinski definition) is 3. The molecule has 0 spiro atoms. The molecule has 4 rings (SSSR count). The maximum atomic E-state index is 11.9. The van der Waals surface area contributed by atoms with E-state index in [0.717, 1.165) is 16.7 Å². The van der Waals surface area contributed by atoms with Crippen LogP contribution in [0.4, 0.5) is 0 Å². The third-order valence-corrected chi connectivity index (χ3v) is 5.09. The number of aromatic amines is 1. The number of quaternary nitrogens is 1. The standard InChI is InChI=1S/C21H18N6O4/c1-12-18(21(30)31)19(27(2,24-12)11-17(28)29)14-9-7-13(8-10-14)15-5-3-4-6-16(15)20-22-25-26-23-20/h3-10H,11H2,1-2H3,(H2-,22,23,24,25,26,28,29,30,31)/p+1. The monoisotopic (exact) mass is 419 g/mol. The number of H-pyrrole nitrogens is 1. The summed E-state index contributed by atoms with van der Waals surface area (Å²) in [6.07, 6.45) is 0. The summed E-state index contributed by atoms with van der Waals surface area (Å²) < 4.78 is -0.373. The van der Waals surface area contributed by atoms with E-state index in [1.165, 1.54) is 0 Å². The van der Waals surface area contributed by atoms with E-state index in [-0.39, 0.29) is 22.4 Å². The van der Waals surface area contributed by atoms with Gasteiger partial charge in [0.1, 0.15) is 11.3 Å². The van der Waals surface area contributed by atoms with E-state index in [1.54, 1.807) is 26.1 Å². The molecular formula is C21H19N6O4+. The van der Waals surface area contributed by atoms with Crippen molar-refractivity contribution in [2.75, 3.05) is 13.6 Å². The van der Waals surface area contributed by atoms with Crippen LogP contribution < -0.4 is 0 Å². The minimum absolute atomic E-state index is 0.0173. The van der Waals surface area contributed by atoms with Crippen LogP contribution in [0.15, 0.2) is 59.2 Å².